The van der Waals surface area contributed by atoms with E-state index in [1.165, 1.54) is 12.8 Å². The molecule has 0 aliphatic carbocycles. The van der Waals surface area contributed by atoms with Gasteiger partial charge in [0.25, 0.3) is 0 Å². The van der Waals surface area contributed by atoms with Gasteiger partial charge in [0.1, 0.15) is 0 Å². The fraction of sp³-hybridized carbons (Fsp3) is 0.800. The van der Waals surface area contributed by atoms with Gasteiger partial charge < -0.3 is 21.3 Å². The number of unbranched alkanes of at least 4 members (excludes halogenated alkanes) is 2. The van der Waals surface area contributed by atoms with Crippen molar-refractivity contribution in [3.05, 3.63) is 12.4 Å². The Labute approximate surface area is 143 Å². The molecule has 5 nitrogen and oxygen atoms in total. The Balaban J connectivity index is 3.23. The van der Waals surface area contributed by atoms with Gasteiger partial charge in [-0.05, 0) is 12.8 Å². The van der Waals surface area contributed by atoms with E-state index in [9.17, 15) is 4.79 Å². The smallest absolute Gasteiger partial charge is 0.314 e. The Morgan fingerprint density at radius 3 is 1.86 bits per heavy atom. The molecule has 4 N–H and O–H groups in total. The Bertz CT molecular complexity index is 263. The summed E-state index contributed by atoms with van der Waals surface area (Å²) in [6.07, 6.45) is 4.49. The number of hydrogen-bond donors (Lipinski definition) is 4. The largest absolute Gasteiger partial charge is 0.372 e. The lowest BCUT2D eigenvalue weighted by Gasteiger charge is -2.11. The van der Waals surface area contributed by atoms with Crippen LogP contribution in [-0.4, -0.2) is 43.7 Å². The van der Waals surface area contributed by atoms with Crippen LogP contribution in [0.1, 0.15) is 39.5 Å². The van der Waals surface area contributed by atoms with Crippen LogP contribution in [0.15, 0.2) is 12.4 Å². The molecule has 0 atom stereocenters. The van der Waals surface area contributed by atoms with E-state index in [1.54, 1.807) is 10.8 Å². The summed E-state index contributed by atoms with van der Waals surface area (Å²) >= 11 is 0. The van der Waals surface area contributed by atoms with Gasteiger partial charge in [0.2, 0.25) is 0 Å². The van der Waals surface area contributed by atoms with Crippen molar-refractivity contribution in [2.24, 2.45) is 0 Å². The minimum absolute atomic E-state index is 0.0600. The van der Waals surface area contributed by atoms with Gasteiger partial charge in [0.05, 0.1) is 5.82 Å². The van der Waals surface area contributed by atoms with Crippen LogP contribution in [0.4, 0.5) is 4.79 Å². The zero-order valence-corrected chi connectivity index (χ0v) is 15.6. The number of rotatable bonds is 15. The highest BCUT2D eigenvalue weighted by Gasteiger charge is 1.98. The number of urea groups is 1. The average molecular weight is 349 g/mol. The summed E-state index contributed by atoms with van der Waals surface area (Å²) in [5.74, 6) is 2.84. The van der Waals surface area contributed by atoms with Crippen LogP contribution >= 0.6 is 21.6 Å². The van der Waals surface area contributed by atoms with Gasteiger partial charge >= 0.3 is 6.03 Å². The topological polar surface area (TPSA) is 65.2 Å². The maximum Gasteiger partial charge on any atom is 0.314 e. The van der Waals surface area contributed by atoms with Crippen molar-refractivity contribution in [1.82, 2.24) is 21.3 Å². The molecule has 0 radical (unpaired) electrons. The van der Waals surface area contributed by atoms with Crippen molar-refractivity contribution in [1.29, 1.82) is 0 Å². The molecule has 7 heteroatoms. The number of nitrogens with one attached hydrogen (secondary N) is 4. The molecular formula is C15H32N4OS2. The first-order valence-electron chi connectivity index (χ1n) is 8.13. The molecule has 0 saturated heterocycles. The van der Waals surface area contributed by atoms with Crippen molar-refractivity contribution < 1.29 is 4.79 Å². The van der Waals surface area contributed by atoms with Gasteiger partial charge in [-0.3, -0.25) is 0 Å². The van der Waals surface area contributed by atoms with Gasteiger partial charge in [0, 0.05) is 37.7 Å². The monoisotopic (exact) mass is 348 g/mol. The lowest BCUT2D eigenvalue weighted by molar-refractivity contribution is 0.241. The van der Waals surface area contributed by atoms with E-state index in [1.807, 2.05) is 10.8 Å². The molecule has 0 bridgehead atoms. The lowest BCUT2D eigenvalue weighted by atomic mass is 10.3. The number of carbonyl (C=O) groups excluding carboxylic acids is 1. The fourth-order valence-corrected chi connectivity index (χ4v) is 3.30. The maximum atomic E-state index is 11.4. The van der Waals surface area contributed by atoms with Gasteiger partial charge in [0.15, 0.2) is 0 Å². The number of carbonyl (C=O) groups is 1. The molecule has 0 aromatic heterocycles. The average Bonchev–Trinajstić information content (AvgIpc) is 2.50. The van der Waals surface area contributed by atoms with Crippen molar-refractivity contribution in [3.63, 3.8) is 0 Å². The quantitative estimate of drug-likeness (QED) is 0.271. The molecule has 130 valence electrons. The highest BCUT2D eigenvalue weighted by Crippen LogP contribution is 2.19. The van der Waals surface area contributed by atoms with Crippen LogP contribution < -0.4 is 21.3 Å². The molecule has 0 unspecified atom stereocenters. The van der Waals surface area contributed by atoms with Crippen LogP contribution in [0.5, 0.6) is 0 Å². The molecule has 0 aliphatic heterocycles. The predicted molar refractivity (Wildman–Crippen MR) is 101 cm³/mol. The van der Waals surface area contributed by atoms with Crippen LogP contribution in [0.25, 0.3) is 0 Å². The van der Waals surface area contributed by atoms with Gasteiger partial charge in [-0.25, -0.2) is 4.79 Å². The molecule has 0 rings (SSSR count). The molecule has 0 aromatic rings. The first kappa shape index (κ1) is 21.3. The highest BCUT2D eigenvalue weighted by atomic mass is 33.1. The second-order valence-corrected chi connectivity index (χ2v) is 7.57. The van der Waals surface area contributed by atoms with Gasteiger partial charge in [-0.2, -0.15) is 0 Å². The molecule has 0 heterocycles. The van der Waals surface area contributed by atoms with E-state index in [4.69, 9.17) is 0 Å². The number of hydrogen-bond acceptors (Lipinski definition) is 5. The molecule has 0 saturated carbocycles. The second kappa shape index (κ2) is 16.7. The zero-order chi connectivity index (χ0) is 16.5. The molecule has 22 heavy (non-hydrogen) atoms. The zero-order valence-electron chi connectivity index (χ0n) is 14.0. The highest BCUT2D eigenvalue weighted by molar-refractivity contribution is 8.76. The number of amides is 2. The third-order valence-electron chi connectivity index (χ3n) is 2.76. The second-order valence-electron chi connectivity index (χ2n) is 4.87. The molecule has 0 aliphatic rings. The standard InChI is InChI=1S/C15H32N4OS2/c1-4-6-8-16-14(3)17-10-12-21-22-13-11-19-15(20)18-9-7-5-2/h16-17H,3-13H2,1-2H3,(H2,18,19,20). The third-order valence-corrected chi connectivity index (χ3v) is 5.17. The Morgan fingerprint density at radius 1 is 0.818 bits per heavy atom. The summed E-state index contributed by atoms with van der Waals surface area (Å²) in [6.45, 7) is 11.6. The summed E-state index contributed by atoms with van der Waals surface area (Å²) in [5, 5.41) is 12.2. The fourth-order valence-electron chi connectivity index (χ4n) is 1.49. The van der Waals surface area contributed by atoms with Crippen LogP contribution in [0.3, 0.4) is 0 Å². The lowest BCUT2D eigenvalue weighted by Crippen LogP contribution is -2.37. The normalized spacial score (nSPS) is 10.1. The minimum atomic E-state index is -0.0600. The van der Waals surface area contributed by atoms with Crippen molar-refractivity contribution >= 4 is 27.6 Å². The molecule has 2 amide bonds. The van der Waals surface area contributed by atoms with E-state index < -0.39 is 0 Å². The van der Waals surface area contributed by atoms with Crippen LogP contribution in [0.2, 0.25) is 0 Å². The summed E-state index contributed by atoms with van der Waals surface area (Å²) in [4.78, 5) is 11.4. The summed E-state index contributed by atoms with van der Waals surface area (Å²) < 4.78 is 0. The SMILES string of the molecule is C=C(NCCCC)NCCSSCCNC(=O)NCCCC. The van der Waals surface area contributed by atoms with Crippen LogP contribution in [0, 0.1) is 0 Å². The van der Waals surface area contributed by atoms with Gasteiger partial charge in [-0.15, -0.1) is 0 Å². The molecule has 0 aromatic carbocycles. The Morgan fingerprint density at radius 2 is 1.27 bits per heavy atom. The van der Waals surface area contributed by atoms with Crippen molar-refractivity contribution in [2.45, 2.75) is 39.5 Å². The van der Waals surface area contributed by atoms with Crippen LogP contribution in [-0.2, 0) is 0 Å². The summed E-state index contributed by atoms with van der Waals surface area (Å²) in [7, 11) is 3.59. The van der Waals surface area contributed by atoms with Gasteiger partial charge in [-0.1, -0.05) is 54.9 Å². The predicted octanol–water partition coefficient (Wildman–Crippen LogP) is 2.92. The Hall–Kier alpha value is -0.690. The van der Waals surface area contributed by atoms with E-state index in [-0.39, 0.29) is 6.03 Å². The van der Waals surface area contributed by atoms with E-state index in [0.717, 1.165) is 49.8 Å². The molecule has 0 spiro atoms. The summed E-state index contributed by atoms with van der Waals surface area (Å²) in [6, 6.07) is -0.0600. The first-order chi connectivity index (χ1) is 10.7. The first-order valence-corrected chi connectivity index (χ1v) is 10.6. The molecular weight excluding hydrogens is 316 g/mol. The van der Waals surface area contributed by atoms with E-state index in [2.05, 4.69) is 41.7 Å². The Kier molecular flexibility index (Phi) is 16.2. The van der Waals surface area contributed by atoms with Crippen molar-refractivity contribution in [3.8, 4) is 0 Å². The maximum absolute atomic E-state index is 11.4. The summed E-state index contributed by atoms with van der Waals surface area (Å²) in [5.41, 5.74) is 0. The van der Waals surface area contributed by atoms with Crippen molar-refractivity contribution in [2.75, 3.05) is 37.7 Å². The van der Waals surface area contributed by atoms with E-state index in [0.29, 0.717) is 6.54 Å². The van der Waals surface area contributed by atoms with E-state index >= 15 is 0 Å². The molecule has 0 fully saturated rings. The third kappa shape index (κ3) is 15.7. The minimum Gasteiger partial charge on any atom is -0.372 e.